The van der Waals surface area contributed by atoms with Crippen molar-refractivity contribution >= 4 is 58.3 Å². The van der Waals surface area contributed by atoms with Crippen molar-refractivity contribution in [3.8, 4) is 44.5 Å². The highest BCUT2D eigenvalue weighted by Gasteiger charge is 2.26. The number of aromatic nitrogens is 4. The number of nitrogens with zero attached hydrogens (tertiary/aromatic N) is 2. The molecule has 0 fully saturated rings. The van der Waals surface area contributed by atoms with Crippen LogP contribution in [-0.4, -0.2) is 37.0 Å². The van der Waals surface area contributed by atoms with Crippen LogP contribution in [0.1, 0.15) is 154 Å². The maximum atomic E-state index is 13.5. The number of carbonyl (C=O) groups excluding carboxylic acids is 1. The number of benzene rings is 5. The first-order chi connectivity index (χ1) is 36.4. The first-order valence-electron chi connectivity index (χ1n) is 26.5. The van der Waals surface area contributed by atoms with Crippen LogP contribution in [0.25, 0.3) is 90.9 Å². The Bertz CT molecular complexity index is 3720. The van der Waals surface area contributed by atoms with Gasteiger partial charge in [0.2, 0.25) is 0 Å². The van der Waals surface area contributed by atoms with Crippen LogP contribution in [0, 0.1) is 0 Å². The van der Waals surface area contributed by atoms with E-state index in [4.69, 9.17) is 14.7 Å². The highest BCUT2D eigenvalue weighted by Crippen LogP contribution is 2.42. The van der Waals surface area contributed by atoms with Crippen LogP contribution in [0.4, 0.5) is 0 Å². The van der Waals surface area contributed by atoms with Crippen LogP contribution in [-0.2, 0) is 33.0 Å². The van der Waals surface area contributed by atoms with Crippen molar-refractivity contribution in [2.24, 2.45) is 0 Å². The van der Waals surface area contributed by atoms with Gasteiger partial charge in [-0.25, -0.2) is 19.6 Å². The Morgan fingerprint density at radius 2 is 0.740 bits per heavy atom. The average Bonchev–Trinajstić information content (AvgIpc) is 4.32. The van der Waals surface area contributed by atoms with Crippen LogP contribution in [0.15, 0.2) is 140 Å². The fourth-order valence-electron chi connectivity index (χ4n) is 10.1. The summed E-state index contributed by atoms with van der Waals surface area (Å²) in [5.74, 6) is -1.39. The quantitative estimate of drug-likeness (QED) is 0.130. The molecule has 8 nitrogen and oxygen atoms in total. The van der Waals surface area contributed by atoms with E-state index in [9.17, 15) is 14.7 Å². The van der Waals surface area contributed by atoms with Gasteiger partial charge in [0.1, 0.15) is 6.61 Å². The molecule has 77 heavy (non-hydrogen) atoms. The molecule has 2 aliphatic heterocycles. The van der Waals surface area contributed by atoms with Crippen LogP contribution >= 0.6 is 0 Å². The van der Waals surface area contributed by atoms with Gasteiger partial charge in [-0.05, 0) is 145 Å². The molecule has 5 heterocycles. The van der Waals surface area contributed by atoms with Gasteiger partial charge in [0.15, 0.2) is 0 Å². The number of hydrogen-bond acceptors (Lipinski definition) is 5. The number of rotatable bonds is 8. The van der Waals surface area contributed by atoms with Gasteiger partial charge in [-0.2, -0.15) is 0 Å². The molecule has 8 bridgehead atoms. The van der Waals surface area contributed by atoms with Gasteiger partial charge in [0.05, 0.1) is 33.9 Å². The van der Waals surface area contributed by atoms with E-state index in [0.717, 1.165) is 94.9 Å². The van der Waals surface area contributed by atoms with Crippen molar-refractivity contribution in [1.82, 2.24) is 19.9 Å². The summed E-state index contributed by atoms with van der Waals surface area (Å²) in [7, 11) is 0. The summed E-state index contributed by atoms with van der Waals surface area (Å²) in [6.45, 7) is 27.2. The second-order valence-corrected chi connectivity index (χ2v) is 24.6. The average molecular weight is 1020 g/mol. The third-order valence-corrected chi connectivity index (χ3v) is 14.7. The Hall–Kier alpha value is -8.36. The van der Waals surface area contributed by atoms with E-state index in [1.165, 1.54) is 22.3 Å². The normalized spacial score (nSPS) is 12.8. The zero-order chi connectivity index (χ0) is 54.8. The van der Waals surface area contributed by atoms with Crippen molar-refractivity contribution in [1.29, 1.82) is 0 Å². The molecule has 3 N–H and O–H groups in total. The summed E-state index contributed by atoms with van der Waals surface area (Å²) in [6.07, 6.45) is 8.35. The van der Waals surface area contributed by atoms with Crippen LogP contribution in [0.2, 0.25) is 0 Å². The molecule has 8 aromatic rings. The summed E-state index contributed by atoms with van der Waals surface area (Å²) >= 11 is 0. The molecule has 0 unspecified atom stereocenters. The third kappa shape index (κ3) is 10.8. The molecule has 0 saturated carbocycles. The number of esters is 1. The number of aromatic carboxylic acids is 1. The number of ether oxygens (including phenoxy) is 1. The lowest BCUT2D eigenvalue weighted by Gasteiger charge is -2.26. The minimum atomic E-state index is -0.989. The van der Waals surface area contributed by atoms with E-state index >= 15 is 0 Å². The van der Waals surface area contributed by atoms with Gasteiger partial charge in [0, 0.05) is 44.3 Å². The smallest absolute Gasteiger partial charge is 0.338 e. The molecule has 5 aromatic carbocycles. The first-order valence-corrected chi connectivity index (χ1v) is 26.5. The van der Waals surface area contributed by atoms with Crippen molar-refractivity contribution in [3.63, 3.8) is 0 Å². The highest BCUT2D eigenvalue weighted by molar-refractivity contribution is 6.01. The van der Waals surface area contributed by atoms with E-state index < -0.39 is 11.9 Å². The second-order valence-electron chi connectivity index (χ2n) is 24.6. The molecule has 0 aliphatic carbocycles. The second kappa shape index (κ2) is 19.6. The van der Waals surface area contributed by atoms with Crippen LogP contribution in [0.3, 0.4) is 0 Å². The van der Waals surface area contributed by atoms with Gasteiger partial charge in [-0.3, -0.25) is 0 Å². The molecular weight excluding hydrogens is 949 g/mol. The van der Waals surface area contributed by atoms with Gasteiger partial charge in [-0.1, -0.05) is 174 Å². The molecule has 2 aliphatic rings. The molecule has 388 valence electrons. The minimum absolute atomic E-state index is 0.157. The summed E-state index contributed by atoms with van der Waals surface area (Å²) < 4.78 is 5.77. The van der Waals surface area contributed by atoms with Crippen molar-refractivity contribution < 1.29 is 19.4 Å². The lowest BCUT2D eigenvalue weighted by Crippen LogP contribution is -2.16. The highest BCUT2D eigenvalue weighted by atomic mass is 16.5. The number of H-pyrrole nitrogens is 2. The monoisotopic (exact) mass is 1020 g/mol. The van der Waals surface area contributed by atoms with E-state index in [2.05, 4.69) is 178 Å². The van der Waals surface area contributed by atoms with Crippen LogP contribution < -0.4 is 0 Å². The van der Waals surface area contributed by atoms with Gasteiger partial charge in [0.25, 0.3) is 0 Å². The first kappa shape index (κ1) is 52.1. The molecule has 3 aromatic heterocycles. The molecular formula is C69H68N4O4. The summed E-state index contributed by atoms with van der Waals surface area (Å²) in [5.41, 5.74) is 19.4. The van der Waals surface area contributed by atoms with Crippen molar-refractivity contribution in [2.45, 2.75) is 111 Å². The van der Waals surface area contributed by atoms with E-state index in [0.29, 0.717) is 5.56 Å². The van der Waals surface area contributed by atoms with E-state index in [1.807, 2.05) is 66.7 Å². The molecule has 0 spiro atoms. The standard InChI is InChI=1S/C69H68N4O4/c1-66(2,3)48-34-46(35-49(38-48)67(4,5)6)62-56-30-26-52(70-56)60(42-18-22-44(23-19-42)64(74)75)53-27-31-57(71-53)63(47-36-50(68(7,8)9)39-51(37-47)69(10,11)12)59-33-29-55(73-59)61(54-28-32-58(62)72-54)43-20-24-45(25-21-43)65(76)77-40-41-16-14-13-15-17-41/h13-39,70,73H,40H2,1-12H3,(H,74,75). The Morgan fingerprint density at radius 3 is 1.06 bits per heavy atom. The van der Waals surface area contributed by atoms with E-state index in [1.54, 1.807) is 12.1 Å². The zero-order valence-electron chi connectivity index (χ0n) is 46.4. The molecule has 8 heteroatoms. The third-order valence-electron chi connectivity index (χ3n) is 14.7. The lowest BCUT2D eigenvalue weighted by molar-refractivity contribution is 0.0472. The van der Waals surface area contributed by atoms with Crippen molar-refractivity contribution in [3.05, 3.63) is 201 Å². The minimum Gasteiger partial charge on any atom is -0.478 e. The topological polar surface area (TPSA) is 121 Å². The number of aromatic amines is 2. The van der Waals surface area contributed by atoms with Gasteiger partial charge >= 0.3 is 11.9 Å². The fourth-order valence-corrected chi connectivity index (χ4v) is 10.1. The number of carboxylic acids is 1. The maximum Gasteiger partial charge on any atom is 0.338 e. The Kier molecular flexibility index (Phi) is 13.3. The van der Waals surface area contributed by atoms with E-state index in [-0.39, 0.29) is 33.8 Å². The number of fused-ring (bicyclic) bond motifs is 8. The SMILES string of the molecule is CC(C)(C)c1cc(-c2c3nc(c(-c4ccc(C(=O)OCc5ccccc5)cc4)c4ccc([nH]4)c(-c4cc(C(C)(C)C)cc(C(C)(C)C)c4)c4nc(c(-c5ccc(C(=O)O)cc5)c5ccc2[nH]5)C=C4)C=C3)cc(C(C)(C)C)c1. The predicted molar refractivity (Wildman–Crippen MR) is 318 cm³/mol. The number of carbonyl (C=O) groups is 2. The molecule has 0 radical (unpaired) electrons. The zero-order valence-corrected chi connectivity index (χ0v) is 46.4. The molecule has 0 atom stereocenters. The molecule has 0 amide bonds. The molecule has 10 rings (SSSR count). The largest absolute Gasteiger partial charge is 0.478 e. The summed E-state index contributed by atoms with van der Waals surface area (Å²) in [4.78, 5) is 44.7. The number of carboxylic acid groups (broad SMARTS) is 1. The van der Waals surface area contributed by atoms with Gasteiger partial charge in [-0.15, -0.1) is 0 Å². The number of hydrogen-bond donors (Lipinski definition) is 3. The van der Waals surface area contributed by atoms with Crippen LogP contribution in [0.5, 0.6) is 0 Å². The lowest BCUT2D eigenvalue weighted by atomic mass is 9.78. The predicted octanol–water partition coefficient (Wildman–Crippen LogP) is 17.6. The Labute approximate surface area is 452 Å². The maximum absolute atomic E-state index is 13.5. The van der Waals surface area contributed by atoms with Gasteiger partial charge < -0.3 is 19.8 Å². The fraction of sp³-hybridized carbons (Fsp3) is 0.246. The Balaban J connectivity index is 1.33. The Morgan fingerprint density at radius 1 is 0.416 bits per heavy atom. The summed E-state index contributed by atoms with van der Waals surface area (Å²) in [5, 5.41) is 9.98. The number of nitrogens with one attached hydrogen (secondary N) is 2. The van der Waals surface area contributed by atoms with Crippen molar-refractivity contribution in [2.75, 3.05) is 0 Å². The molecule has 0 saturated heterocycles. The summed E-state index contributed by atoms with van der Waals surface area (Å²) in [6, 6.07) is 46.7.